The molecule has 2 fully saturated rings. The Bertz CT molecular complexity index is 796. The topological polar surface area (TPSA) is 72.3 Å². The first kappa shape index (κ1) is 19.1. The predicted molar refractivity (Wildman–Crippen MR) is 103 cm³/mol. The summed E-state index contributed by atoms with van der Waals surface area (Å²) in [4.78, 5) is 28.5. The molecule has 1 aromatic rings. The van der Waals surface area contributed by atoms with Gasteiger partial charge in [0.05, 0.1) is 20.8 Å². The highest BCUT2D eigenvalue weighted by molar-refractivity contribution is 6.07. The summed E-state index contributed by atoms with van der Waals surface area (Å²) in [6.45, 7) is 4.13. The number of ether oxygens (including phenoxy) is 2. The smallest absolute Gasteiger partial charge is 0.329 e. The summed E-state index contributed by atoms with van der Waals surface area (Å²) < 4.78 is 10.8. The largest absolute Gasteiger partial charge is 0.493 e. The third-order valence-electron chi connectivity index (χ3n) is 6.78. The van der Waals surface area contributed by atoms with Crippen LogP contribution in [0.4, 0.5) is 4.79 Å². The van der Waals surface area contributed by atoms with Crippen molar-refractivity contribution in [2.24, 2.45) is 5.92 Å². The number of carbonyl (C=O) groups is 2. The average Bonchev–Trinajstić information content (AvgIpc) is 2.94. The molecule has 0 bridgehead atoms. The lowest BCUT2D eigenvalue weighted by molar-refractivity contribution is -0.923. The molecule has 152 valence electrons. The molecule has 0 aromatic heterocycles. The van der Waals surface area contributed by atoms with Gasteiger partial charge in [-0.1, -0.05) is 19.8 Å². The third-order valence-corrected chi connectivity index (χ3v) is 6.78. The summed E-state index contributed by atoms with van der Waals surface area (Å²) in [6.07, 6.45) is 4.76. The van der Waals surface area contributed by atoms with Crippen LogP contribution in [0.2, 0.25) is 0 Å². The fraction of sp³-hybridized carbons (Fsp3) is 0.619. The Hall–Kier alpha value is -2.28. The Morgan fingerprint density at radius 1 is 1.18 bits per heavy atom. The SMILES string of the molecule is COc1cc2c(cc1OC)C[NH+](CN1C(=O)N[C@]3(CCCC[C@H]3C)C1=O)CC2. The van der Waals surface area contributed by atoms with E-state index in [1.165, 1.54) is 20.9 Å². The molecule has 1 aliphatic carbocycles. The summed E-state index contributed by atoms with van der Waals surface area (Å²) in [5.74, 6) is 1.62. The van der Waals surface area contributed by atoms with E-state index in [-0.39, 0.29) is 17.9 Å². The molecule has 1 saturated carbocycles. The molecular formula is C21H30N3O4+. The van der Waals surface area contributed by atoms with Crippen molar-refractivity contribution >= 4 is 11.9 Å². The van der Waals surface area contributed by atoms with Gasteiger partial charge in [0.1, 0.15) is 12.1 Å². The highest BCUT2D eigenvalue weighted by atomic mass is 16.5. The van der Waals surface area contributed by atoms with Crippen LogP contribution >= 0.6 is 0 Å². The van der Waals surface area contributed by atoms with Crippen LogP contribution in [0.5, 0.6) is 11.5 Å². The molecule has 7 heteroatoms. The van der Waals surface area contributed by atoms with Gasteiger partial charge < -0.3 is 19.7 Å². The van der Waals surface area contributed by atoms with E-state index in [0.29, 0.717) is 12.4 Å². The van der Waals surface area contributed by atoms with Crippen LogP contribution in [0.1, 0.15) is 43.7 Å². The quantitative estimate of drug-likeness (QED) is 0.758. The molecule has 4 rings (SSSR count). The molecular weight excluding hydrogens is 358 g/mol. The number of nitrogens with one attached hydrogen (secondary N) is 2. The van der Waals surface area contributed by atoms with E-state index in [1.807, 2.05) is 12.1 Å². The zero-order chi connectivity index (χ0) is 19.9. The van der Waals surface area contributed by atoms with Gasteiger partial charge in [0.25, 0.3) is 5.91 Å². The number of hydrogen-bond acceptors (Lipinski definition) is 4. The lowest BCUT2D eigenvalue weighted by Gasteiger charge is -2.37. The van der Waals surface area contributed by atoms with Gasteiger partial charge in [-0.25, -0.2) is 9.69 Å². The molecule has 3 amide bonds. The first-order valence-electron chi connectivity index (χ1n) is 10.2. The Labute approximate surface area is 166 Å². The van der Waals surface area contributed by atoms with Crippen LogP contribution in [0.3, 0.4) is 0 Å². The molecule has 1 unspecified atom stereocenters. The Morgan fingerprint density at radius 3 is 2.57 bits per heavy atom. The molecule has 2 heterocycles. The maximum Gasteiger partial charge on any atom is 0.329 e. The number of carbonyl (C=O) groups excluding carboxylic acids is 2. The molecule has 3 atom stereocenters. The second kappa shape index (κ2) is 7.28. The van der Waals surface area contributed by atoms with Crippen LogP contribution in [0.15, 0.2) is 12.1 Å². The first-order chi connectivity index (χ1) is 13.5. The molecule has 2 N–H and O–H groups in total. The maximum atomic E-state index is 13.2. The number of methoxy groups -OCH3 is 2. The highest BCUT2D eigenvalue weighted by Crippen LogP contribution is 2.38. The normalized spacial score (nSPS) is 29.6. The van der Waals surface area contributed by atoms with Gasteiger partial charge in [-0.3, -0.25) is 4.79 Å². The monoisotopic (exact) mass is 388 g/mol. The van der Waals surface area contributed by atoms with E-state index in [4.69, 9.17) is 9.47 Å². The molecule has 1 spiro atoms. The van der Waals surface area contributed by atoms with Crippen LogP contribution in [0.25, 0.3) is 0 Å². The summed E-state index contributed by atoms with van der Waals surface area (Å²) in [5, 5.41) is 3.05. The minimum absolute atomic E-state index is 0.0321. The number of quaternary nitrogens is 1. The molecule has 2 aliphatic heterocycles. The van der Waals surface area contributed by atoms with Crippen molar-refractivity contribution in [3.05, 3.63) is 23.3 Å². The summed E-state index contributed by atoms with van der Waals surface area (Å²) >= 11 is 0. The van der Waals surface area contributed by atoms with Crippen LogP contribution in [0, 0.1) is 5.92 Å². The second-order valence-corrected chi connectivity index (χ2v) is 8.34. The number of fused-ring (bicyclic) bond motifs is 1. The molecule has 28 heavy (non-hydrogen) atoms. The predicted octanol–water partition coefficient (Wildman–Crippen LogP) is 1.10. The number of urea groups is 1. The van der Waals surface area contributed by atoms with Gasteiger partial charge in [0.2, 0.25) is 0 Å². The molecule has 7 nitrogen and oxygen atoms in total. The van der Waals surface area contributed by atoms with Crippen LogP contribution in [-0.4, -0.2) is 49.8 Å². The van der Waals surface area contributed by atoms with Crippen molar-refractivity contribution < 1.29 is 24.0 Å². The number of nitrogens with zero attached hydrogens (tertiary/aromatic N) is 1. The molecule has 0 radical (unpaired) electrons. The zero-order valence-electron chi connectivity index (χ0n) is 17.0. The van der Waals surface area contributed by atoms with E-state index in [1.54, 1.807) is 14.2 Å². The van der Waals surface area contributed by atoms with Gasteiger partial charge in [-0.05, 0) is 36.5 Å². The van der Waals surface area contributed by atoms with E-state index >= 15 is 0 Å². The standard InChI is InChI=1S/C21H29N3O4/c1-14-6-4-5-8-21(14)19(25)24(20(26)22-21)13-23-9-7-15-10-17(27-2)18(28-3)11-16(15)12-23/h10-11,14H,4-9,12-13H2,1-3H3,(H,22,26)/p+1/t14-,21+/m1/s1. The lowest BCUT2D eigenvalue weighted by Crippen LogP contribution is -3.13. The van der Waals surface area contributed by atoms with Crippen molar-refractivity contribution in [1.82, 2.24) is 10.2 Å². The van der Waals surface area contributed by atoms with Gasteiger partial charge in [0.15, 0.2) is 18.2 Å². The van der Waals surface area contributed by atoms with Gasteiger partial charge >= 0.3 is 6.03 Å². The van der Waals surface area contributed by atoms with Gasteiger partial charge in [-0.15, -0.1) is 0 Å². The minimum Gasteiger partial charge on any atom is -0.493 e. The number of rotatable bonds is 4. The fourth-order valence-corrected chi connectivity index (χ4v) is 5.03. The van der Waals surface area contributed by atoms with E-state index < -0.39 is 5.54 Å². The highest BCUT2D eigenvalue weighted by Gasteiger charge is 2.55. The van der Waals surface area contributed by atoms with Crippen molar-refractivity contribution in [3.63, 3.8) is 0 Å². The lowest BCUT2D eigenvalue weighted by atomic mass is 9.73. The van der Waals surface area contributed by atoms with Crippen molar-refractivity contribution in [2.75, 3.05) is 27.4 Å². The van der Waals surface area contributed by atoms with Crippen LogP contribution < -0.4 is 19.7 Å². The van der Waals surface area contributed by atoms with Crippen molar-refractivity contribution in [1.29, 1.82) is 0 Å². The second-order valence-electron chi connectivity index (χ2n) is 8.34. The van der Waals surface area contributed by atoms with Crippen LogP contribution in [-0.2, 0) is 17.8 Å². The molecule has 1 saturated heterocycles. The van der Waals surface area contributed by atoms with E-state index in [9.17, 15) is 9.59 Å². The number of hydrogen-bond donors (Lipinski definition) is 2. The third kappa shape index (κ3) is 3.02. The van der Waals surface area contributed by atoms with Crippen molar-refractivity contribution in [3.8, 4) is 11.5 Å². The fourth-order valence-electron chi connectivity index (χ4n) is 5.03. The number of benzene rings is 1. The van der Waals surface area contributed by atoms with E-state index in [2.05, 4.69) is 12.2 Å². The summed E-state index contributed by atoms with van der Waals surface area (Å²) in [6, 6.07) is 3.82. The van der Waals surface area contributed by atoms with Gasteiger partial charge in [-0.2, -0.15) is 0 Å². The average molecular weight is 388 g/mol. The maximum absolute atomic E-state index is 13.2. The van der Waals surface area contributed by atoms with Gasteiger partial charge in [0, 0.05) is 12.0 Å². The van der Waals surface area contributed by atoms with E-state index in [0.717, 1.165) is 50.9 Å². The van der Waals surface area contributed by atoms with Crippen molar-refractivity contribution in [2.45, 2.75) is 51.1 Å². The summed E-state index contributed by atoms with van der Waals surface area (Å²) in [7, 11) is 3.28. The number of imide groups is 1. The Kier molecular flexibility index (Phi) is 4.95. The number of amides is 3. The first-order valence-corrected chi connectivity index (χ1v) is 10.2. The molecule has 3 aliphatic rings. The Balaban J connectivity index is 1.50. The summed E-state index contributed by atoms with van der Waals surface area (Å²) in [5.41, 5.74) is 1.75. The molecule has 1 aromatic carbocycles. The zero-order valence-corrected chi connectivity index (χ0v) is 17.0. The minimum atomic E-state index is -0.681. The Morgan fingerprint density at radius 2 is 1.89 bits per heavy atom.